The fourth-order valence-corrected chi connectivity index (χ4v) is 2.40. The van der Waals surface area contributed by atoms with E-state index in [1.165, 1.54) is 11.3 Å². The van der Waals surface area contributed by atoms with Gasteiger partial charge in [0.15, 0.2) is 0 Å². The number of thiophene rings is 1. The van der Waals surface area contributed by atoms with Gasteiger partial charge in [0.2, 0.25) is 0 Å². The number of carbonyl (C=O) groups excluding carboxylic acids is 1. The first-order valence-corrected chi connectivity index (χ1v) is 6.28. The van der Waals surface area contributed by atoms with E-state index in [0.717, 1.165) is 22.4 Å². The smallest absolute Gasteiger partial charge is 0.256 e. The summed E-state index contributed by atoms with van der Waals surface area (Å²) in [5, 5.41) is 6.69. The molecule has 2 aromatic rings. The molecule has 3 nitrogen and oxygen atoms in total. The molecule has 0 saturated carbocycles. The first-order chi connectivity index (χ1) is 8.20. The molecule has 0 radical (unpaired) electrons. The topological polar surface area (TPSA) is 55.1 Å². The van der Waals surface area contributed by atoms with Crippen LogP contribution in [0.5, 0.6) is 0 Å². The molecule has 0 fully saturated rings. The number of anilines is 1. The van der Waals surface area contributed by atoms with Gasteiger partial charge in [0, 0.05) is 17.6 Å². The van der Waals surface area contributed by atoms with E-state index in [9.17, 15) is 4.79 Å². The monoisotopic (exact) mass is 246 g/mol. The van der Waals surface area contributed by atoms with Crippen molar-refractivity contribution in [1.82, 2.24) is 0 Å². The van der Waals surface area contributed by atoms with Crippen molar-refractivity contribution in [2.45, 2.75) is 13.5 Å². The van der Waals surface area contributed by atoms with Gasteiger partial charge in [-0.15, -0.1) is 0 Å². The first kappa shape index (κ1) is 11.8. The second kappa shape index (κ2) is 5.12. The van der Waals surface area contributed by atoms with Crippen molar-refractivity contribution in [3.8, 4) is 0 Å². The number of amides is 1. The Morgan fingerprint density at radius 2 is 2.24 bits per heavy atom. The summed E-state index contributed by atoms with van der Waals surface area (Å²) >= 11 is 1.53. The van der Waals surface area contributed by atoms with Crippen molar-refractivity contribution in [2.24, 2.45) is 5.73 Å². The minimum Gasteiger partial charge on any atom is -0.326 e. The van der Waals surface area contributed by atoms with Crippen LogP contribution >= 0.6 is 11.3 Å². The summed E-state index contributed by atoms with van der Waals surface area (Å²) in [6.45, 7) is 2.41. The maximum absolute atomic E-state index is 12.0. The van der Waals surface area contributed by atoms with Crippen LogP contribution < -0.4 is 11.1 Å². The van der Waals surface area contributed by atoms with Gasteiger partial charge in [-0.05, 0) is 35.6 Å². The van der Waals surface area contributed by atoms with Gasteiger partial charge < -0.3 is 11.1 Å². The molecular weight excluding hydrogens is 232 g/mol. The molecule has 1 amide bonds. The highest BCUT2D eigenvalue weighted by Crippen LogP contribution is 2.17. The van der Waals surface area contributed by atoms with E-state index >= 15 is 0 Å². The average molecular weight is 246 g/mol. The number of carbonyl (C=O) groups is 1. The van der Waals surface area contributed by atoms with Crippen molar-refractivity contribution >= 4 is 22.9 Å². The van der Waals surface area contributed by atoms with Gasteiger partial charge in [-0.3, -0.25) is 4.79 Å². The molecule has 0 aliphatic rings. The number of nitrogens with one attached hydrogen (secondary N) is 1. The average Bonchev–Trinajstić information content (AvgIpc) is 2.76. The quantitative estimate of drug-likeness (QED) is 0.875. The first-order valence-electron chi connectivity index (χ1n) is 5.34. The molecule has 0 bridgehead atoms. The van der Waals surface area contributed by atoms with E-state index < -0.39 is 0 Å². The number of aryl methyl sites for hydroxylation is 1. The number of nitrogens with two attached hydrogens (primary N) is 1. The Balaban J connectivity index is 2.16. The Hall–Kier alpha value is -1.65. The fraction of sp³-hybridized carbons (Fsp3) is 0.154. The van der Waals surface area contributed by atoms with Gasteiger partial charge in [0.05, 0.1) is 5.56 Å². The molecule has 0 atom stereocenters. The molecule has 17 heavy (non-hydrogen) atoms. The van der Waals surface area contributed by atoms with Crippen LogP contribution in [0, 0.1) is 6.92 Å². The maximum atomic E-state index is 12.0. The minimum atomic E-state index is -0.0714. The molecule has 1 aromatic carbocycles. The summed E-state index contributed by atoms with van der Waals surface area (Å²) < 4.78 is 0. The van der Waals surface area contributed by atoms with Crippen molar-refractivity contribution < 1.29 is 4.79 Å². The van der Waals surface area contributed by atoms with Crippen LogP contribution in [0.1, 0.15) is 21.5 Å². The third kappa shape index (κ3) is 2.72. The molecule has 4 heteroatoms. The predicted octanol–water partition coefficient (Wildman–Crippen LogP) is 2.77. The van der Waals surface area contributed by atoms with E-state index in [4.69, 9.17) is 5.73 Å². The summed E-state index contributed by atoms with van der Waals surface area (Å²) in [6, 6.07) is 7.57. The van der Waals surface area contributed by atoms with E-state index in [0.29, 0.717) is 6.54 Å². The summed E-state index contributed by atoms with van der Waals surface area (Å²) in [5.41, 5.74) is 9.07. The summed E-state index contributed by atoms with van der Waals surface area (Å²) in [4.78, 5) is 12.0. The standard InChI is InChI=1S/C13H14N2OS/c1-9-7-17-8-12(9)13(16)15-11-4-2-3-10(5-11)6-14/h2-5,7-8H,6,14H2,1H3,(H,15,16). The predicted molar refractivity (Wildman–Crippen MR) is 71.3 cm³/mol. The highest BCUT2D eigenvalue weighted by molar-refractivity contribution is 7.08. The highest BCUT2D eigenvalue weighted by atomic mass is 32.1. The molecule has 0 unspecified atom stereocenters. The molecule has 0 aliphatic carbocycles. The molecule has 3 N–H and O–H groups in total. The SMILES string of the molecule is Cc1cscc1C(=O)Nc1cccc(CN)c1. The number of benzene rings is 1. The van der Waals surface area contributed by atoms with E-state index in [1.54, 1.807) is 0 Å². The highest BCUT2D eigenvalue weighted by Gasteiger charge is 2.09. The molecule has 1 heterocycles. The molecule has 1 aromatic heterocycles. The third-order valence-electron chi connectivity index (χ3n) is 2.52. The van der Waals surface area contributed by atoms with Gasteiger partial charge >= 0.3 is 0 Å². The zero-order chi connectivity index (χ0) is 12.3. The molecule has 0 saturated heterocycles. The lowest BCUT2D eigenvalue weighted by atomic mass is 10.2. The second-order valence-electron chi connectivity index (χ2n) is 3.83. The summed E-state index contributed by atoms with van der Waals surface area (Å²) in [7, 11) is 0. The van der Waals surface area contributed by atoms with E-state index in [2.05, 4.69) is 5.32 Å². The molecule has 0 spiro atoms. The number of hydrogen-bond acceptors (Lipinski definition) is 3. The van der Waals surface area contributed by atoms with Crippen LogP contribution in [0.25, 0.3) is 0 Å². The molecule has 0 aliphatic heterocycles. The lowest BCUT2D eigenvalue weighted by Gasteiger charge is -2.06. The van der Waals surface area contributed by atoms with Crippen molar-refractivity contribution in [2.75, 3.05) is 5.32 Å². The van der Waals surface area contributed by atoms with Crippen LogP contribution in [-0.4, -0.2) is 5.91 Å². The van der Waals surface area contributed by atoms with Crippen LogP contribution in [0.2, 0.25) is 0 Å². The lowest BCUT2D eigenvalue weighted by molar-refractivity contribution is 0.102. The summed E-state index contributed by atoms with van der Waals surface area (Å²) in [6.07, 6.45) is 0. The number of rotatable bonds is 3. The third-order valence-corrected chi connectivity index (χ3v) is 3.38. The molecule has 2 rings (SSSR count). The second-order valence-corrected chi connectivity index (χ2v) is 4.57. The zero-order valence-corrected chi connectivity index (χ0v) is 10.4. The van der Waals surface area contributed by atoms with Gasteiger partial charge in [-0.25, -0.2) is 0 Å². The minimum absolute atomic E-state index is 0.0714. The Labute approximate surface area is 104 Å². The normalized spacial score (nSPS) is 10.2. The van der Waals surface area contributed by atoms with Crippen molar-refractivity contribution in [3.63, 3.8) is 0 Å². The van der Waals surface area contributed by atoms with Gasteiger partial charge in [0.1, 0.15) is 0 Å². The summed E-state index contributed by atoms with van der Waals surface area (Å²) in [5.74, 6) is -0.0714. The van der Waals surface area contributed by atoms with Crippen molar-refractivity contribution in [1.29, 1.82) is 0 Å². The Kier molecular flexibility index (Phi) is 3.56. The van der Waals surface area contributed by atoms with Crippen LogP contribution in [0.15, 0.2) is 35.0 Å². The Morgan fingerprint density at radius 1 is 1.41 bits per heavy atom. The largest absolute Gasteiger partial charge is 0.326 e. The van der Waals surface area contributed by atoms with E-state index in [1.807, 2.05) is 41.9 Å². The zero-order valence-electron chi connectivity index (χ0n) is 9.57. The van der Waals surface area contributed by atoms with Gasteiger partial charge in [-0.2, -0.15) is 11.3 Å². The maximum Gasteiger partial charge on any atom is 0.256 e. The fourth-order valence-electron chi connectivity index (χ4n) is 1.57. The van der Waals surface area contributed by atoms with Gasteiger partial charge in [-0.1, -0.05) is 12.1 Å². The lowest BCUT2D eigenvalue weighted by Crippen LogP contribution is -2.12. The van der Waals surface area contributed by atoms with Crippen LogP contribution in [-0.2, 0) is 6.54 Å². The van der Waals surface area contributed by atoms with Crippen LogP contribution in [0.4, 0.5) is 5.69 Å². The Morgan fingerprint density at radius 3 is 2.88 bits per heavy atom. The Bertz CT molecular complexity index is 534. The van der Waals surface area contributed by atoms with Crippen molar-refractivity contribution in [3.05, 3.63) is 51.7 Å². The molecular formula is C13H14N2OS. The van der Waals surface area contributed by atoms with Gasteiger partial charge in [0.25, 0.3) is 5.91 Å². The molecule has 88 valence electrons. The van der Waals surface area contributed by atoms with Crippen LogP contribution in [0.3, 0.4) is 0 Å². The van der Waals surface area contributed by atoms with E-state index in [-0.39, 0.29) is 5.91 Å². The number of hydrogen-bond donors (Lipinski definition) is 2.